The molecule has 1 aromatic carbocycles. The molecule has 0 bridgehead atoms. The van der Waals surface area contributed by atoms with E-state index in [0.717, 1.165) is 24.2 Å². The Balaban J connectivity index is 2.42. The van der Waals surface area contributed by atoms with Gasteiger partial charge in [-0.25, -0.2) is 0 Å². The summed E-state index contributed by atoms with van der Waals surface area (Å²) in [5.74, 6) is 0. The van der Waals surface area contributed by atoms with Crippen LogP contribution in [0.15, 0.2) is 28.7 Å². The van der Waals surface area contributed by atoms with Crippen LogP contribution < -0.4 is 0 Å². The molecule has 4 heteroatoms. The molecule has 2 nitrogen and oxygen atoms in total. The Kier molecular flexibility index (Phi) is 6.58. The zero-order chi connectivity index (χ0) is 12.0. The molecule has 90 valence electrons. The average molecular weight is 351 g/mol. The van der Waals surface area contributed by atoms with E-state index in [1.807, 2.05) is 6.07 Å². The second-order valence-corrected chi connectivity index (χ2v) is 6.09. The predicted octanol–water partition coefficient (Wildman–Crippen LogP) is 3.29. The highest BCUT2D eigenvalue weighted by molar-refractivity contribution is 9.10. The Labute approximate surface area is 114 Å². The zero-order valence-electron chi connectivity index (χ0n) is 9.62. The molecule has 0 aromatic heterocycles. The summed E-state index contributed by atoms with van der Waals surface area (Å²) in [4.78, 5) is 2.66. The van der Waals surface area contributed by atoms with Crippen molar-refractivity contribution in [2.24, 2.45) is 0 Å². The first kappa shape index (κ1) is 14.2. The van der Waals surface area contributed by atoms with E-state index in [1.54, 1.807) is 7.11 Å². The number of halogens is 2. The van der Waals surface area contributed by atoms with E-state index in [0.29, 0.717) is 4.83 Å². The van der Waals surface area contributed by atoms with Gasteiger partial charge >= 0.3 is 0 Å². The van der Waals surface area contributed by atoms with Gasteiger partial charge in [-0.3, -0.25) is 0 Å². The molecule has 0 heterocycles. The van der Waals surface area contributed by atoms with E-state index in [9.17, 15) is 0 Å². The molecular formula is C12H17Br2NO. The fourth-order valence-corrected chi connectivity index (χ4v) is 2.79. The first-order valence-electron chi connectivity index (χ1n) is 5.18. The van der Waals surface area contributed by atoms with Gasteiger partial charge in [0.1, 0.15) is 0 Å². The lowest BCUT2D eigenvalue weighted by Gasteiger charge is -2.20. The summed E-state index contributed by atoms with van der Waals surface area (Å²) in [7, 11) is 3.84. The third-order valence-corrected chi connectivity index (χ3v) is 3.25. The molecular weight excluding hydrogens is 334 g/mol. The first-order valence-corrected chi connectivity index (χ1v) is 6.88. The molecule has 0 N–H and O–H groups in total. The van der Waals surface area contributed by atoms with Crippen molar-refractivity contribution in [2.45, 2.75) is 11.4 Å². The minimum Gasteiger partial charge on any atom is -0.383 e. The number of alkyl halides is 1. The number of rotatable bonds is 6. The summed E-state index contributed by atoms with van der Waals surface area (Å²) < 4.78 is 6.22. The van der Waals surface area contributed by atoms with Gasteiger partial charge in [0, 0.05) is 24.7 Å². The molecule has 16 heavy (non-hydrogen) atoms. The van der Waals surface area contributed by atoms with Gasteiger partial charge in [0.15, 0.2) is 0 Å². The van der Waals surface area contributed by atoms with Crippen molar-refractivity contribution in [2.75, 3.05) is 27.3 Å². The van der Waals surface area contributed by atoms with Gasteiger partial charge in [-0.2, -0.15) is 0 Å². The molecule has 1 aromatic rings. The van der Waals surface area contributed by atoms with Crippen LogP contribution in [0.2, 0.25) is 0 Å². The van der Waals surface area contributed by atoms with Gasteiger partial charge in [0.25, 0.3) is 0 Å². The number of hydrogen-bond acceptors (Lipinski definition) is 2. The molecule has 0 radical (unpaired) electrons. The van der Waals surface area contributed by atoms with Crippen molar-refractivity contribution in [3.63, 3.8) is 0 Å². The minimum atomic E-state index is 0.384. The Bertz CT molecular complexity index is 320. The maximum atomic E-state index is 5.09. The molecule has 0 aliphatic carbocycles. The highest BCUT2D eigenvalue weighted by Gasteiger charge is 2.08. The zero-order valence-corrected chi connectivity index (χ0v) is 12.8. The molecule has 0 saturated carbocycles. The Morgan fingerprint density at radius 2 is 2.19 bits per heavy atom. The number of ether oxygens (including phenoxy) is 1. The van der Waals surface area contributed by atoms with Crippen molar-refractivity contribution >= 4 is 31.9 Å². The summed E-state index contributed by atoms with van der Waals surface area (Å²) in [6.07, 6.45) is 0. The van der Waals surface area contributed by atoms with E-state index in [1.165, 1.54) is 5.56 Å². The van der Waals surface area contributed by atoms with Crippen LogP contribution in [0.5, 0.6) is 0 Å². The molecule has 0 spiro atoms. The molecule has 0 aliphatic rings. The summed E-state index contributed by atoms with van der Waals surface area (Å²) in [6, 6.07) is 8.40. The van der Waals surface area contributed by atoms with E-state index in [2.05, 4.69) is 62.0 Å². The van der Waals surface area contributed by atoms with E-state index >= 15 is 0 Å². The van der Waals surface area contributed by atoms with E-state index in [4.69, 9.17) is 4.74 Å². The van der Waals surface area contributed by atoms with Crippen LogP contribution in [-0.4, -0.2) is 37.0 Å². The summed E-state index contributed by atoms with van der Waals surface area (Å²) in [5, 5.41) is 0. The van der Waals surface area contributed by atoms with Crippen LogP contribution in [0.1, 0.15) is 5.56 Å². The van der Waals surface area contributed by atoms with Crippen LogP contribution in [0.4, 0.5) is 0 Å². The van der Waals surface area contributed by atoms with Gasteiger partial charge in [-0.15, -0.1) is 0 Å². The van der Waals surface area contributed by atoms with Gasteiger partial charge < -0.3 is 9.64 Å². The molecule has 0 aliphatic heterocycles. The van der Waals surface area contributed by atoms with Crippen molar-refractivity contribution in [3.05, 3.63) is 34.3 Å². The minimum absolute atomic E-state index is 0.384. The third-order valence-electron chi connectivity index (χ3n) is 2.20. The smallest absolute Gasteiger partial charge is 0.0600 e. The average Bonchev–Trinajstić information content (AvgIpc) is 2.17. The van der Waals surface area contributed by atoms with Gasteiger partial charge in [-0.05, 0) is 24.7 Å². The topological polar surface area (TPSA) is 12.5 Å². The first-order chi connectivity index (χ1) is 7.61. The third kappa shape index (κ3) is 5.43. The predicted molar refractivity (Wildman–Crippen MR) is 75.1 cm³/mol. The summed E-state index contributed by atoms with van der Waals surface area (Å²) in [5.41, 5.74) is 1.31. The molecule has 1 unspecified atom stereocenters. The number of nitrogens with zero attached hydrogens (tertiary/aromatic N) is 1. The molecule has 0 amide bonds. The van der Waals surface area contributed by atoms with Gasteiger partial charge in [0.2, 0.25) is 0 Å². The molecule has 0 fully saturated rings. The number of hydrogen-bond donors (Lipinski definition) is 0. The fourth-order valence-electron chi connectivity index (χ4n) is 1.58. The lowest BCUT2D eigenvalue weighted by Crippen LogP contribution is -2.27. The Morgan fingerprint density at radius 3 is 2.81 bits per heavy atom. The van der Waals surface area contributed by atoms with Crippen LogP contribution in [0.25, 0.3) is 0 Å². The van der Waals surface area contributed by atoms with Gasteiger partial charge in [-0.1, -0.05) is 44.0 Å². The van der Waals surface area contributed by atoms with Crippen LogP contribution in [-0.2, 0) is 11.3 Å². The fraction of sp³-hybridized carbons (Fsp3) is 0.500. The number of benzene rings is 1. The Morgan fingerprint density at radius 1 is 1.44 bits per heavy atom. The van der Waals surface area contributed by atoms with E-state index in [-0.39, 0.29) is 0 Å². The van der Waals surface area contributed by atoms with Crippen molar-refractivity contribution in [3.8, 4) is 0 Å². The van der Waals surface area contributed by atoms with Crippen molar-refractivity contribution < 1.29 is 4.74 Å². The monoisotopic (exact) mass is 349 g/mol. The molecule has 0 saturated heterocycles. The van der Waals surface area contributed by atoms with Crippen molar-refractivity contribution in [1.29, 1.82) is 0 Å². The second kappa shape index (κ2) is 7.43. The normalized spacial score (nSPS) is 13.1. The summed E-state index contributed by atoms with van der Waals surface area (Å²) in [6.45, 7) is 2.66. The van der Waals surface area contributed by atoms with Crippen LogP contribution in [0, 0.1) is 0 Å². The highest BCUT2D eigenvalue weighted by Crippen LogP contribution is 2.13. The maximum absolute atomic E-state index is 5.09. The summed E-state index contributed by atoms with van der Waals surface area (Å²) >= 11 is 7.07. The standard InChI is InChI=1S/C12H17Br2NO/c1-15(8-12(14)9-16-2)7-10-4-3-5-11(13)6-10/h3-6,12H,7-9H2,1-2H3. The largest absolute Gasteiger partial charge is 0.383 e. The molecule has 1 rings (SSSR count). The van der Waals surface area contributed by atoms with E-state index < -0.39 is 0 Å². The SMILES string of the molecule is COCC(Br)CN(C)Cc1cccc(Br)c1. The van der Waals surface area contributed by atoms with Crippen molar-refractivity contribution in [1.82, 2.24) is 4.90 Å². The highest BCUT2D eigenvalue weighted by atomic mass is 79.9. The van der Waals surface area contributed by atoms with Crippen LogP contribution >= 0.6 is 31.9 Å². The maximum Gasteiger partial charge on any atom is 0.0600 e. The molecule has 1 atom stereocenters. The lowest BCUT2D eigenvalue weighted by atomic mass is 10.2. The number of methoxy groups -OCH3 is 1. The second-order valence-electron chi connectivity index (χ2n) is 3.88. The van der Waals surface area contributed by atoms with Crippen LogP contribution in [0.3, 0.4) is 0 Å². The van der Waals surface area contributed by atoms with Gasteiger partial charge in [0.05, 0.1) is 11.4 Å². The Hall–Kier alpha value is 0.100. The lowest BCUT2D eigenvalue weighted by molar-refractivity contribution is 0.185. The quantitative estimate of drug-likeness (QED) is 0.730.